The maximum Gasteiger partial charge on any atom is 0.268 e. The van der Waals surface area contributed by atoms with Crippen molar-refractivity contribution in [1.29, 1.82) is 0 Å². The summed E-state index contributed by atoms with van der Waals surface area (Å²) in [5.74, 6) is 0.513. The number of anilines is 1. The summed E-state index contributed by atoms with van der Waals surface area (Å²) in [5, 5.41) is 15.7. The van der Waals surface area contributed by atoms with Gasteiger partial charge < -0.3 is 14.9 Å². The first-order chi connectivity index (χ1) is 14.6. The number of aryl methyl sites for hydroxylation is 2. The number of benzene rings is 1. The van der Waals surface area contributed by atoms with E-state index in [1.54, 1.807) is 24.2 Å². The lowest BCUT2D eigenvalue weighted by Gasteiger charge is -2.07. The molecule has 0 radical (unpaired) electrons. The van der Waals surface area contributed by atoms with E-state index in [-0.39, 0.29) is 5.91 Å². The molecule has 1 amide bonds. The van der Waals surface area contributed by atoms with Crippen molar-refractivity contribution >= 4 is 17.3 Å². The summed E-state index contributed by atoms with van der Waals surface area (Å²) < 4.78 is 8.83. The van der Waals surface area contributed by atoms with Crippen molar-refractivity contribution in [3.8, 4) is 5.75 Å². The molecule has 0 saturated carbocycles. The van der Waals surface area contributed by atoms with Crippen LogP contribution in [0.25, 0.3) is 0 Å². The molecular formula is C21H24N6O3. The zero-order valence-electron chi connectivity index (χ0n) is 17.2. The van der Waals surface area contributed by atoms with Gasteiger partial charge >= 0.3 is 0 Å². The fourth-order valence-electron chi connectivity index (χ4n) is 3.26. The van der Waals surface area contributed by atoms with E-state index in [1.807, 2.05) is 49.0 Å². The number of methoxy groups -OCH3 is 1. The average molecular weight is 408 g/mol. The maximum atomic E-state index is 12.6. The minimum atomic E-state index is -0.671. The third-order valence-electron chi connectivity index (χ3n) is 4.99. The molecule has 30 heavy (non-hydrogen) atoms. The van der Waals surface area contributed by atoms with E-state index in [9.17, 15) is 4.79 Å². The van der Waals surface area contributed by atoms with Gasteiger partial charge in [0.2, 0.25) is 6.10 Å². The van der Waals surface area contributed by atoms with Crippen LogP contribution in [0.1, 0.15) is 30.2 Å². The fourth-order valence-corrected chi connectivity index (χ4v) is 3.26. The van der Waals surface area contributed by atoms with Crippen LogP contribution in [-0.4, -0.2) is 44.4 Å². The second kappa shape index (κ2) is 8.40. The molecule has 1 unspecified atom stereocenters. The topological polar surface area (TPSA) is 95.6 Å². The smallest absolute Gasteiger partial charge is 0.268 e. The summed E-state index contributed by atoms with van der Waals surface area (Å²) in [6.45, 7) is 5.44. The first-order valence-electron chi connectivity index (χ1n) is 9.79. The number of oxime groups is 1. The molecule has 1 N–H and O–H groups in total. The first-order valence-corrected chi connectivity index (χ1v) is 9.79. The molecule has 3 heterocycles. The molecular weight excluding hydrogens is 384 g/mol. The van der Waals surface area contributed by atoms with E-state index in [2.05, 4.69) is 20.7 Å². The van der Waals surface area contributed by atoms with Crippen LogP contribution in [0.3, 0.4) is 0 Å². The van der Waals surface area contributed by atoms with Crippen molar-refractivity contribution in [1.82, 2.24) is 19.6 Å². The van der Waals surface area contributed by atoms with Gasteiger partial charge in [0.25, 0.3) is 5.91 Å². The largest absolute Gasteiger partial charge is 0.497 e. The van der Waals surface area contributed by atoms with Crippen LogP contribution in [0.4, 0.5) is 5.69 Å². The highest BCUT2D eigenvalue weighted by Crippen LogP contribution is 2.20. The summed E-state index contributed by atoms with van der Waals surface area (Å²) in [6, 6.07) is 7.50. The highest BCUT2D eigenvalue weighted by molar-refractivity contribution is 6.06. The van der Waals surface area contributed by atoms with Crippen LogP contribution in [0.5, 0.6) is 5.75 Å². The molecule has 1 aliphatic rings. The molecule has 1 aromatic carbocycles. The molecule has 0 bridgehead atoms. The molecule has 0 fully saturated rings. The van der Waals surface area contributed by atoms with Crippen molar-refractivity contribution in [2.24, 2.45) is 5.16 Å². The van der Waals surface area contributed by atoms with Crippen molar-refractivity contribution in [3.05, 3.63) is 59.7 Å². The number of amides is 1. The minimum Gasteiger partial charge on any atom is -0.497 e. The number of hydrogen-bond acceptors (Lipinski definition) is 6. The summed E-state index contributed by atoms with van der Waals surface area (Å²) in [5.41, 5.74) is 4.32. The van der Waals surface area contributed by atoms with Crippen molar-refractivity contribution in [2.45, 2.75) is 39.5 Å². The van der Waals surface area contributed by atoms with Gasteiger partial charge in [-0.05, 0) is 43.7 Å². The van der Waals surface area contributed by atoms with Gasteiger partial charge in [-0.25, -0.2) is 0 Å². The lowest BCUT2D eigenvalue weighted by atomic mass is 10.0. The van der Waals surface area contributed by atoms with Gasteiger partial charge in [0.15, 0.2) is 0 Å². The SMILES string of the molecule is CCn1cc(Cn2cc(NC(=O)C3CC(c4ccc(OC)cc4)=NO3)cn2)c(C)n1. The van der Waals surface area contributed by atoms with Crippen LogP contribution in [0, 0.1) is 6.92 Å². The van der Waals surface area contributed by atoms with Gasteiger partial charge in [-0.1, -0.05) is 5.16 Å². The van der Waals surface area contributed by atoms with Gasteiger partial charge in [-0.15, -0.1) is 0 Å². The highest BCUT2D eigenvalue weighted by atomic mass is 16.6. The quantitative estimate of drug-likeness (QED) is 0.648. The Kier molecular flexibility index (Phi) is 5.51. The predicted molar refractivity (Wildman–Crippen MR) is 112 cm³/mol. The fraction of sp³-hybridized carbons (Fsp3) is 0.333. The molecule has 4 rings (SSSR count). The standard InChI is InChI=1S/C21H24N6O3/c1-4-26-11-16(14(2)24-26)12-27-13-17(10-22-27)23-21(28)20-9-19(25-30-20)15-5-7-18(29-3)8-6-15/h5-8,10-11,13,20H,4,9,12H2,1-3H3,(H,23,28). The summed E-state index contributed by atoms with van der Waals surface area (Å²) in [7, 11) is 1.62. The zero-order valence-corrected chi connectivity index (χ0v) is 17.2. The number of nitrogens with one attached hydrogen (secondary N) is 1. The van der Waals surface area contributed by atoms with E-state index in [4.69, 9.17) is 9.57 Å². The Labute approximate surface area is 174 Å². The van der Waals surface area contributed by atoms with Crippen molar-refractivity contribution in [2.75, 3.05) is 12.4 Å². The first kappa shape index (κ1) is 19.7. The Morgan fingerprint density at radius 3 is 2.77 bits per heavy atom. The molecule has 0 saturated heterocycles. The number of carbonyl (C=O) groups is 1. The van der Waals surface area contributed by atoms with E-state index < -0.39 is 6.10 Å². The Balaban J connectivity index is 1.34. The molecule has 2 aromatic heterocycles. The lowest BCUT2D eigenvalue weighted by Crippen LogP contribution is -2.27. The number of nitrogens with zero attached hydrogens (tertiary/aromatic N) is 5. The Morgan fingerprint density at radius 1 is 1.27 bits per heavy atom. The normalized spacial score (nSPS) is 15.6. The van der Waals surface area contributed by atoms with Crippen LogP contribution in [0.15, 0.2) is 48.0 Å². The Hall–Kier alpha value is -3.62. The molecule has 3 aromatic rings. The Morgan fingerprint density at radius 2 is 2.07 bits per heavy atom. The van der Waals surface area contributed by atoms with Gasteiger partial charge in [0.05, 0.1) is 36.9 Å². The molecule has 1 aliphatic heterocycles. The highest BCUT2D eigenvalue weighted by Gasteiger charge is 2.29. The van der Waals surface area contributed by atoms with Gasteiger partial charge in [0, 0.05) is 30.9 Å². The lowest BCUT2D eigenvalue weighted by molar-refractivity contribution is -0.125. The van der Waals surface area contributed by atoms with Gasteiger partial charge in [-0.3, -0.25) is 14.2 Å². The second-order valence-electron chi connectivity index (χ2n) is 7.08. The van der Waals surface area contributed by atoms with E-state index >= 15 is 0 Å². The molecule has 1 atom stereocenters. The van der Waals surface area contributed by atoms with Crippen LogP contribution < -0.4 is 10.1 Å². The number of hydrogen-bond donors (Lipinski definition) is 1. The summed E-state index contributed by atoms with van der Waals surface area (Å²) >= 11 is 0. The van der Waals surface area contributed by atoms with Crippen molar-refractivity contribution in [3.63, 3.8) is 0 Å². The zero-order chi connectivity index (χ0) is 21.1. The van der Waals surface area contributed by atoms with E-state index in [1.165, 1.54) is 0 Å². The second-order valence-corrected chi connectivity index (χ2v) is 7.08. The third kappa shape index (κ3) is 4.19. The monoisotopic (exact) mass is 408 g/mol. The van der Waals surface area contributed by atoms with Gasteiger partial charge in [-0.2, -0.15) is 10.2 Å². The minimum absolute atomic E-state index is 0.253. The number of carbonyl (C=O) groups excluding carboxylic acids is 1. The molecule has 0 spiro atoms. The van der Waals surface area contributed by atoms with E-state index in [0.29, 0.717) is 18.7 Å². The average Bonchev–Trinajstić information content (AvgIpc) is 3.49. The molecule has 9 nitrogen and oxygen atoms in total. The van der Waals surface area contributed by atoms with Gasteiger partial charge in [0.1, 0.15) is 5.75 Å². The predicted octanol–water partition coefficient (Wildman–Crippen LogP) is 2.60. The third-order valence-corrected chi connectivity index (χ3v) is 4.99. The molecule has 9 heteroatoms. The van der Waals surface area contributed by atoms with Crippen LogP contribution >= 0.6 is 0 Å². The van der Waals surface area contributed by atoms with E-state index in [0.717, 1.165) is 34.8 Å². The Bertz CT molecular complexity index is 1070. The maximum absolute atomic E-state index is 12.6. The van der Waals surface area contributed by atoms with Crippen LogP contribution in [-0.2, 0) is 22.7 Å². The number of ether oxygens (including phenoxy) is 1. The summed E-state index contributed by atoms with van der Waals surface area (Å²) in [6.07, 6.45) is 5.16. The molecule has 0 aliphatic carbocycles. The number of aromatic nitrogens is 4. The number of rotatable bonds is 7. The van der Waals surface area contributed by atoms with Crippen LogP contribution in [0.2, 0.25) is 0 Å². The molecule has 156 valence electrons. The summed E-state index contributed by atoms with van der Waals surface area (Å²) in [4.78, 5) is 17.9. The van der Waals surface area contributed by atoms with Crippen molar-refractivity contribution < 1.29 is 14.4 Å².